The molecule has 21 heavy (non-hydrogen) atoms. The second kappa shape index (κ2) is 5.42. The number of aromatic nitrogens is 3. The van der Waals surface area contributed by atoms with Gasteiger partial charge in [-0.25, -0.2) is 4.98 Å². The van der Waals surface area contributed by atoms with Gasteiger partial charge in [0.15, 0.2) is 0 Å². The summed E-state index contributed by atoms with van der Waals surface area (Å²) in [4.78, 5) is 4.36. The van der Waals surface area contributed by atoms with Crippen LogP contribution in [0, 0.1) is 0 Å². The van der Waals surface area contributed by atoms with Crippen molar-refractivity contribution in [3.63, 3.8) is 0 Å². The second-order valence-electron chi connectivity index (χ2n) is 5.87. The van der Waals surface area contributed by atoms with Gasteiger partial charge in [-0.3, -0.25) is 4.68 Å². The van der Waals surface area contributed by atoms with E-state index in [2.05, 4.69) is 45.9 Å². The van der Waals surface area contributed by atoms with Gasteiger partial charge in [0.05, 0.1) is 10.9 Å². The van der Waals surface area contributed by atoms with Crippen molar-refractivity contribution in [2.75, 3.05) is 5.73 Å². The molecule has 1 atom stereocenters. The second-order valence-corrected chi connectivity index (χ2v) is 6.62. The fourth-order valence-electron chi connectivity index (χ4n) is 2.86. The van der Waals surface area contributed by atoms with Crippen molar-refractivity contribution in [1.82, 2.24) is 14.8 Å². The van der Waals surface area contributed by atoms with Crippen LogP contribution in [0.25, 0.3) is 16.5 Å². The van der Waals surface area contributed by atoms with Crippen LogP contribution in [0.5, 0.6) is 0 Å². The van der Waals surface area contributed by atoms with Gasteiger partial charge in [-0.2, -0.15) is 5.10 Å². The smallest absolute Gasteiger partial charge is 0.139 e. The molecule has 0 amide bonds. The Morgan fingerprint density at radius 3 is 2.81 bits per heavy atom. The van der Waals surface area contributed by atoms with E-state index in [1.807, 2.05) is 10.9 Å². The third kappa shape index (κ3) is 2.46. The molecule has 0 radical (unpaired) electrons. The first kappa shape index (κ1) is 14.5. The number of allylic oxidation sites excluding steroid dienone is 1. The normalized spacial score (nSPS) is 19.3. The van der Waals surface area contributed by atoms with Crippen molar-refractivity contribution in [3.8, 4) is 0 Å². The molecule has 3 rings (SSSR count). The summed E-state index contributed by atoms with van der Waals surface area (Å²) < 4.78 is 2.77. The first-order valence-electron chi connectivity index (χ1n) is 7.26. The Balaban J connectivity index is 2.26. The molecule has 2 heterocycles. The highest BCUT2D eigenvalue weighted by atomic mass is 79.9. The molecular formula is C15H20BrN5. The number of nitrogens with zero attached hydrogens (tertiary/aromatic N) is 3. The predicted octanol–water partition coefficient (Wildman–Crippen LogP) is 3.25. The lowest BCUT2D eigenvalue weighted by atomic mass is 9.91. The summed E-state index contributed by atoms with van der Waals surface area (Å²) in [7, 11) is 0. The molecule has 0 bridgehead atoms. The van der Waals surface area contributed by atoms with E-state index in [9.17, 15) is 0 Å². The van der Waals surface area contributed by atoms with Crippen LogP contribution in [0.1, 0.15) is 44.7 Å². The summed E-state index contributed by atoms with van der Waals surface area (Å²) in [6, 6.07) is 0.526. The van der Waals surface area contributed by atoms with Gasteiger partial charge in [0.2, 0.25) is 0 Å². The molecule has 0 fully saturated rings. The van der Waals surface area contributed by atoms with E-state index in [0.717, 1.165) is 40.3 Å². The van der Waals surface area contributed by atoms with Gasteiger partial charge in [-0.1, -0.05) is 6.08 Å². The Morgan fingerprint density at radius 2 is 2.19 bits per heavy atom. The number of rotatable bonds is 2. The van der Waals surface area contributed by atoms with Gasteiger partial charge in [-0.05, 0) is 54.6 Å². The Labute approximate surface area is 132 Å². The van der Waals surface area contributed by atoms with E-state index in [-0.39, 0.29) is 12.1 Å². The SMILES string of the molecule is CC(C)n1nc(Br)c2c(N)ncc(C3=CCC(N)CC3)c21. The summed E-state index contributed by atoms with van der Waals surface area (Å²) >= 11 is 3.51. The minimum atomic E-state index is 0.255. The number of anilines is 1. The van der Waals surface area contributed by atoms with Crippen molar-refractivity contribution in [3.05, 3.63) is 22.4 Å². The topological polar surface area (TPSA) is 82.8 Å². The fourth-order valence-corrected chi connectivity index (χ4v) is 3.42. The fraction of sp³-hybridized carbons (Fsp3) is 0.467. The largest absolute Gasteiger partial charge is 0.383 e. The molecule has 0 saturated carbocycles. The lowest BCUT2D eigenvalue weighted by Gasteiger charge is -2.20. The summed E-state index contributed by atoms with van der Waals surface area (Å²) in [5.41, 5.74) is 15.5. The van der Waals surface area contributed by atoms with Gasteiger partial charge >= 0.3 is 0 Å². The number of nitrogen functional groups attached to an aromatic ring is 1. The van der Waals surface area contributed by atoms with Crippen LogP contribution >= 0.6 is 15.9 Å². The maximum absolute atomic E-state index is 6.06. The molecule has 5 nitrogen and oxygen atoms in total. The summed E-state index contributed by atoms with van der Waals surface area (Å²) in [5, 5.41) is 5.48. The van der Waals surface area contributed by atoms with Crippen molar-refractivity contribution < 1.29 is 0 Å². The molecule has 6 heteroatoms. The van der Waals surface area contributed by atoms with Crippen molar-refractivity contribution >= 4 is 38.2 Å². The van der Waals surface area contributed by atoms with Crippen molar-refractivity contribution in [1.29, 1.82) is 0 Å². The molecule has 0 aliphatic heterocycles. The van der Waals surface area contributed by atoms with Crippen LogP contribution in [0.4, 0.5) is 5.82 Å². The van der Waals surface area contributed by atoms with E-state index in [0.29, 0.717) is 5.82 Å². The first-order chi connectivity index (χ1) is 9.99. The van der Waals surface area contributed by atoms with Crippen molar-refractivity contribution in [2.45, 2.75) is 45.2 Å². The third-order valence-electron chi connectivity index (χ3n) is 4.00. The van der Waals surface area contributed by atoms with Crippen LogP contribution in [0.3, 0.4) is 0 Å². The Hall–Kier alpha value is -1.40. The molecule has 1 unspecified atom stereocenters. The van der Waals surface area contributed by atoms with E-state index < -0.39 is 0 Å². The molecule has 112 valence electrons. The number of halogens is 1. The number of hydrogen-bond acceptors (Lipinski definition) is 4. The maximum atomic E-state index is 6.06. The molecule has 1 aliphatic carbocycles. The lowest BCUT2D eigenvalue weighted by Crippen LogP contribution is -2.21. The number of nitrogens with two attached hydrogens (primary N) is 2. The van der Waals surface area contributed by atoms with Gasteiger partial charge in [0.25, 0.3) is 0 Å². The number of pyridine rings is 1. The predicted molar refractivity (Wildman–Crippen MR) is 89.8 cm³/mol. The highest BCUT2D eigenvalue weighted by Gasteiger charge is 2.21. The van der Waals surface area contributed by atoms with Crippen LogP contribution in [0.2, 0.25) is 0 Å². The van der Waals surface area contributed by atoms with Crippen LogP contribution in [-0.4, -0.2) is 20.8 Å². The molecule has 0 saturated heterocycles. The molecule has 2 aromatic rings. The molecule has 2 aromatic heterocycles. The third-order valence-corrected chi connectivity index (χ3v) is 4.55. The standard InChI is InChI=1S/C15H20BrN5/c1-8(2)21-13-11(9-3-5-10(17)6-4-9)7-19-15(18)12(13)14(16)20-21/h3,7-8,10H,4-6,17H2,1-2H3,(H2,18,19). The van der Waals surface area contributed by atoms with Crippen LogP contribution in [0.15, 0.2) is 16.9 Å². The van der Waals surface area contributed by atoms with Crippen molar-refractivity contribution in [2.24, 2.45) is 5.73 Å². The average molecular weight is 350 g/mol. The van der Waals surface area contributed by atoms with E-state index in [1.54, 1.807) is 0 Å². The van der Waals surface area contributed by atoms with Gasteiger partial charge in [-0.15, -0.1) is 0 Å². The minimum absolute atomic E-state index is 0.255. The summed E-state index contributed by atoms with van der Waals surface area (Å²) in [6.07, 6.45) is 7.00. The zero-order valence-corrected chi connectivity index (χ0v) is 13.9. The Morgan fingerprint density at radius 1 is 1.43 bits per heavy atom. The minimum Gasteiger partial charge on any atom is -0.383 e. The Kier molecular flexibility index (Phi) is 3.75. The monoisotopic (exact) mass is 349 g/mol. The maximum Gasteiger partial charge on any atom is 0.139 e. The number of hydrogen-bond donors (Lipinski definition) is 2. The highest BCUT2D eigenvalue weighted by Crippen LogP contribution is 2.37. The molecule has 4 N–H and O–H groups in total. The lowest BCUT2D eigenvalue weighted by molar-refractivity contribution is 0.547. The van der Waals surface area contributed by atoms with E-state index >= 15 is 0 Å². The molecule has 0 spiro atoms. The highest BCUT2D eigenvalue weighted by molar-refractivity contribution is 9.10. The zero-order valence-electron chi connectivity index (χ0n) is 12.3. The zero-order chi connectivity index (χ0) is 15.1. The molecular weight excluding hydrogens is 330 g/mol. The molecule has 0 aromatic carbocycles. The van der Waals surface area contributed by atoms with Crippen LogP contribution < -0.4 is 11.5 Å². The summed E-state index contributed by atoms with van der Waals surface area (Å²) in [5.74, 6) is 0.514. The van der Waals surface area contributed by atoms with E-state index in [4.69, 9.17) is 11.5 Å². The summed E-state index contributed by atoms with van der Waals surface area (Å²) in [6.45, 7) is 4.23. The van der Waals surface area contributed by atoms with Gasteiger partial charge in [0, 0.05) is 23.8 Å². The van der Waals surface area contributed by atoms with Gasteiger partial charge < -0.3 is 11.5 Å². The van der Waals surface area contributed by atoms with Crippen LogP contribution in [-0.2, 0) is 0 Å². The van der Waals surface area contributed by atoms with Gasteiger partial charge in [0.1, 0.15) is 10.4 Å². The quantitative estimate of drug-likeness (QED) is 0.871. The van der Waals surface area contributed by atoms with E-state index in [1.165, 1.54) is 5.57 Å². The average Bonchev–Trinajstić information content (AvgIpc) is 2.80. The molecule has 1 aliphatic rings. The Bertz CT molecular complexity index is 716. The first-order valence-corrected chi connectivity index (χ1v) is 8.05. The number of fused-ring (bicyclic) bond motifs is 1.